The number of aromatic nitrogens is 2. The van der Waals surface area contributed by atoms with Crippen LogP contribution in [0.15, 0.2) is 24.5 Å². The van der Waals surface area contributed by atoms with E-state index in [0.717, 1.165) is 11.2 Å². The summed E-state index contributed by atoms with van der Waals surface area (Å²) in [5, 5.41) is 9.40. The number of imidazole rings is 1. The van der Waals surface area contributed by atoms with Crippen molar-refractivity contribution < 1.29 is 5.11 Å². The number of hydrogen-bond acceptors (Lipinski definition) is 3. The van der Waals surface area contributed by atoms with Crippen molar-refractivity contribution in [3.05, 3.63) is 35.4 Å². The maximum atomic E-state index is 8.96. The fraction of sp³-hybridized carbons (Fsp3) is 0.222. The molecule has 0 spiro atoms. The Kier molecular flexibility index (Phi) is 2.41. The lowest BCUT2D eigenvalue weighted by atomic mass is 10.2. The number of rotatable bonds is 2. The molecule has 1 unspecified atom stereocenters. The lowest BCUT2D eigenvalue weighted by molar-refractivity contribution is 0.265. The van der Waals surface area contributed by atoms with E-state index in [1.165, 1.54) is 0 Å². The van der Waals surface area contributed by atoms with Crippen molar-refractivity contribution in [2.24, 2.45) is 5.73 Å². The molecule has 0 fully saturated rings. The lowest BCUT2D eigenvalue weighted by Crippen LogP contribution is -2.17. The van der Waals surface area contributed by atoms with Crippen LogP contribution in [-0.4, -0.2) is 21.1 Å². The van der Waals surface area contributed by atoms with Crippen LogP contribution in [0.3, 0.4) is 0 Å². The fourth-order valence-corrected chi connectivity index (χ4v) is 1.60. The minimum atomic E-state index is -0.413. The molecule has 0 aliphatic carbocycles. The molecule has 2 aromatic heterocycles. The second-order valence-corrected chi connectivity index (χ2v) is 3.39. The minimum Gasteiger partial charge on any atom is -0.394 e. The van der Waals surface area contributed by atoms with Gasteiger partial charge in [0.15, 0.2) is 5.15 Å². The van der Waals surface area contributed by atoms with Crippen molar-refractivity contribution >= 4 is 17.1 Å². The number of aliphatic hydroxyl groups excluding tert-OH is 1. The molecule has 0 aliphatic heterocycles. The van der Waals surface area contributed by atoms with Crippen molar-refractivity contribution in [2.45, 2.75) is 6.04 Å². The van der Waals surface area contributed by atoms with Gasteiger partial charge in [-0.25, -0.2) is 4.98 Å². The Bertz CT molecular complexity index is 454. The molecule has 14 heavy (non-hydrogen) atoms. The van der Waals surface area contributed by atoms with Gasteiger partial charge in [0.1, 0.15) is 6.33 Å². The summed E-state index contributed by atoms with van der Waals surface area (Å²) in [4.78, 5) is 3.96. The van der Waals surface area contributed by atoms with Gasteiger partial charge in [-0.1, -0.05) is 17.7 Å². The van der Waals surface area contributed by atoms with E-state index in [0.29, 0.717) is 5.15 Å². The summed E-state index contributed by atoms with van der Waals surface area (Å²) >= 11 is 5.86. The minimum absolute atomic E-state index is 0.102. The Morgan fingerprint density at radius 3 is 3.07 bits per heavy atom. The molecule has 1 atom stereocenters. The summed E-state index contributed by atoms with van der Waals surface area (Å²) in [7, 11) is 0. The van der Waals surface area contributed by atoms with Crippen molar-refractivity contribution in [1.29, 1.82) is 0 Å². The van der Waals surface area contributed by atoms with Crippen molar-refractivity contribution in [1.82, 2.24) is 9.38 Å². The largest absolute Gasteiger partial charge is 0.394 e. The van der Waals surface area contributed by atoms with Crippen LogP contribution in [-0.2, 0) is 0 Å². The predicted octanol–water partition coefficient (Wildman–Crippen LogP) is 0.980. The van der Waals surface area contributed by atoms with Gasteiger partial charge in [0, 0.05) is 5.69 Å². The van der Waals surface area contributed by atoms with E-state index in [-0.39, 0.29) is 6.61 Å². The number of halogens is 1. The smallest absolute Gasteiger partial charge is 0.154 e. The molecule has 5 heteroatoms. The highest BCUT2D eigenvalue weighted by Gasteiger charge is 2.10. The second-order valence-electron chi connectivity index (χ2n) is 3.03. The molecule has 0 radical (unpaired) electrons. The van der Waals surface area contributed by atoms with Gasteiger partial charge in [0.2, 0.25) is 0 Å². The zero-order valence-electron chi connectivity index (χ0n) is 7.39. The van der Waals surface area contributed by atoms with Gasteiger partial charge in [-0.05, 0) is 12.1 Å². The molecule has 0 saturated heterocycles. The highest BCUT2D eigenvalue weighted by molar-refractivity contribution is 6.32. The van der Waals surface area contributed by atoms with Crippen LogP contribution >= 0.6 is 11.6 Å². The molecule has 0 amide bonds. The average Bonchev–Trinajstić information content (AvgIpc) is 2.59. The zero-order chi connectivity index (χ0) is 10.1. The second kappa shape index (κ2) is 3.57. The first-order valence-corrected chi connectivity index (χ1v) is 4.59. The summed E-state index contributed by atoms with van der Waals surface area (Å²) in [6.07, 6.45) is 1.60. The molecular formula is C9H10ClN3O. The molecule has 2 aromatic rings. The molecule has 3 N–H and O–H groups in total. The van der Waals surface area contributed by atoms with E-state index >= 15 is 0 Å². The van der Waals surface area contributed by atoms with E-state index in [2.05, 4.69) is 4.98 Å². The molecule has 0 aromatic carbocycles. The maximum absolute atomic E-state index is 8.96. The predicted molar refractivity (Wildman–Crippen MR) is 54.2 cm³/mol. The topological polar surface area (TPSA) is 63.5 Å². The van der Waals surface area contributed by atoms with Gasteiger partial charge in [0.25, 0.3) is 0 Å². The number of pyridine rings is 1. The number of aliphatic hydroxyl groups is 1. The highest BCUT2D eigenvalue weighted by Crippen LogP contribution is 2.19. The SMILES string of the molecule is NC(CO)c1cccc2c(Cl)ncn12. The number of nitrogens with two attached hydrogens (primary N) is 1. The molecule has 74 valence electrons. The number of nitrogens with zero attached hydrogens (tertiary/aromatic N) is 2. The monoisotopic (exact) mass is 211 g/mol. The van der Waals surface area contributed by atoms with Gasteiger partial charge in [0.05, 0.1) is 18.2 Å². The Balaban J connectivity index is 2.65. The first-order chi connectivity index (χ1) is 6.74. The summed E-state index contributed by atoms with van der Waals surface area (Å²) in [5.41, 5.74) is 7.32. The van der Waals surface area contributed by atoms with Crippen molar-refractivity contribution in [3.63, 3.8) is 0 Å². The summed E-state index contributed by atoms with van der Waals surface area (Å²) < 4.78 is 1.78. The maximum Gasteiger partial charge on any atom is 0.154 e. The third-order valence-electron chi connectivity index (χ3n) is 2.13. The molecule has 0 aliphatic rings. The van der Waals surface area contributed by atoms with Crippen LogP contribution in [0.2, 0.25) is 5.15 Å². The molecule has 0 bridgehead atoms. The van der Waals surface area contributed by atoms with Crippen LogP contribution < -0.4 is 5.73 Å². The van der Waals surface area contributed by atoms with Gasteiger partial charge in [-0.3, -0.25) is 0 Å². The Hall–Kier alpha value is -1.10. The van der Waals surface area contributed by atoms with Crippen LogP contribution in [0.5, 0.6) is 0 Å². The average molecular weight is 212 g/mol. The van der Waals surface area contributed by atoms with E-state index in [4.69, 9.17) is 22.4 Å². The Labute approximate surface area is 85.9 Å². The Morgan fingerprint density at radius 1 is 1.57 bits per heavy atom. The quantitative estimate of drug-likeness (QED) is 0.779. The van der Waals surface area contributed by atoms with Crippen LogP contribution in [0.1, 0.15) is 11.7 Å². The van der Waals surface area contributed by atoms with Crippen LogP contribution in [0.25, 0.3) is 5.52 Å². The fourth-order valence-electron chi connectivity index (χ4n) is 1.40. The van der Waals surface area contributed by atoms with Crippen LogP contribution in [0.4, 0.5) is 0 Å². The molecule has 4 nitrogen and oxygen atoms in total. The summed E-state index contributed by atoms with van der Waals surface area (Å²) in [6, 6.07) is 5.12. The highest BCUT2D eigenvalue weighted by atomic mass is 35.5. The van der Waals surface area contributed by atoms with Gasteiger partial charge < -0.3 is 15.2 Å². The van der Waals surface area contributed by atoms with Gasteiger partial charge in [-0.2, -0.15) is 0 Å². The first kappa shape index (κ1) is 9.45. The standard InChI is InChI=1S/C9H10ClN3O/c10-9-8-3-1-2-7(6(11)4-14)13(8)5-12-9/h1-3,5-6,14H,4,11H2. The van der Waals surface area contributed by atoms with Gasteiger partial charge in [-0.15, -0.1) is 0 Å². The lowest BCUT2D eigenvalue weighted by Gasteiger charge is -2.10. The zero-order valence-corrected chi connectivity index (χ0v) is 8.15. The molecule has 0 saturated carbocycles. The normalized spacial score (nSPS) is 13.4. The van der Waals surface area contributed by atoms with Gasteiger partial charge >= 0.3 is 0 Å². The summed E-state index contributed by atoms with van der Waals surface area (Å²) in [6.45, 7) is -0.102. The van der Waals surface area contributed by atoms with Crippen molar-refractivity contribution in [2.75, 3.05) is 6.61 Å². The third-order valence-corrected chi connectivity index (χ3v) is 2.42. The first-order valence-electron chi connectivity index (χ1n) is 4.22. The molecular weight excluding hydrogens is 202 g/mol. The number of fused-ring (bicyclic) bond motifs is 1. The van der Waals surface area contributed by atoms with E-state index in [1.807, 2.05) is 18.2 Å². The Morgan fingerprint density at radius 2 is 2.36 bits per heavy atom. The molecule has 2 heterocycles. The summed E-state index contributed by atoms with van der Waals surface area (Å²) in [5.74, 6) is 0. The van der Waals surface area contributed by atoms with Crippen LogP contribution in [0, 0.1) is 0 Å². The van der Waals surface area contributed by atoms with E-state index < -0.39 is 6.04 Å². The van der Waals surface area contributed by atoms with E-state index in [9.17, 15) is 0 Å². The van der Waals surface area contributed by atoms with Crippen molar-refractivity contribution in [3.8, 4) is 0 Å². The van der Waals surface area contributed by atoms with E-state index in [1.54, 1.807) is 10.7 Å². The molecule has 2 rings (SSSR count). The number of hydrogen-bond donors (Lipinski definition) is 2. The third kappa shape index (κ3) is 1.37.